The molecule has 0 spiro atoms. The molecule has 2 bridgehead atoms. The molecule has 0 N–H and O–H groups in total. The highest BCUT2D eigenvalue weighted by molar-refractivity contribution is 6.23. The van der Waals surface area contributed by atoms with Crippen molar-refractivity contribution in [1.82, 2.24) is 0 Å². The summed E-state index contributed by atoms with van der Waals surface area (Å²) in [7, 11) is 3.84. The Labute approximate surface area is 151 Å². The van der Waals surface area contributed by atoms with Crippen molar-refractivity contribution in [1.29, 1.82) is 0 Å². The Kier molecular flexibility index (Phi) is 3.66. The number of rotatable bonds is 4. The molecule has 3 aliphatic rings. The van der Waals surface area contributed by atoms with Gasteiger partial charge in [0.25, 0.3) is 0 Å². The summed E-state index contributed by atoms with van der Waals surface area (Å²) in [5.41, 5.74) is 0.470. The van der Waals surface area contributed by atoms with Crippen LogP contribution < -0.4 is 9.80 Å². The lowest BCUT2D eigenvalue weighted by molar-refractivity contribution is -0.150. The molecule has 7 heteroatoms. The molecule has 2 saturated heterocycles. The van der Waals surface area contributed by atoms with Crippen LogP contribution in [0.4, 0.5) is 11.4 Å². The van der Waals surface area contributed by atoms with Gasteiger partial charge in [0, 0.05) is 26.7 Å². The summed E-state index contributed by atoms with van der Waals surface area (Å²) in [6, 6.07) is 7.26. The molecule has 2 amide bonds. The predicted molar refractivity (Wildman–Crippen MR) is 93.6 cm³/mol. The van der Waals surface area contributed by atoms with Crippen LogP contribution in [0.25, 0.3) is 0 Å². The number of hydrogen-bond acceptors (Lipinski definition) is 6. The van der Waals surface area contributed by atoms with Gasteiger partial charge >= 0.3 is 5.97 Å². The van der Waals surface area contributed by atoms with E-state index >= 15 is 0 Å². The second kappa shape index (κ2) is 5.67. The van der Waals surface area contributed by atoms with Crippen molar-refractivity contribution in [2.75, 3.05) is 30.5 Å². The zero-order valence-corrected chi connectivity index (χ0v) is 14.8. The highest BCUT2D eigenvalue weighted by Crippen LogP contribution is 2.52. The van der Waals surface area contributed by atoms with Crippen LogP contribution in [-0.2, 0) is 23.9 Å². The Morgan fingerprint density at radius 1 is 1.23 bits per heavy atom. The van der Waals surface area contributed by atoms with Crippen molar-refractivity contribution >= 4 is 29.2 Å². The molecule has 0 aromatic heterocycles. The van der Waals surface area contributed by atoms with E-state index in [0.717, 1.165) is 5.69 Å². The van der Waals surface area contributed by atoms with Gasteiger partial charge in [-0.25, -0.2) is 4.90 Å². The van der Waals surface area contributed by atoms with Gasteiger partial charge in [-0.15, -0.1) is 0 Å². The topological polar surface area (TPSA) is 76.2 Å². The van der Waals surface area contributed by atoms with Crippen LogP contribution in [0.1, 0.15) is 6.92 Å². The van der Waals surface area contributed by atoms with Crippen LogP contribution >= 0.6 is 0 Å². The summed E-state index contributed by atoms with van der Waals surface area (Å²) in [6.07, 6.45) is 3.08. The fourth-order valence-corrected chi connectivity index (χ4v) is 4.04. The van der Waals surface area contributed by atoms with Crippen molar-refractivity contribution in [2.45, 2.75) is 18.6 Å². The third kappa shape index (κ3) is 2.27. The molecular formula is C19H20N2O5. The smallest absolute Gasteiger partial charge is 0.302 e. The van der Waals surface area contributed by atoms with Gasteiger partial charge < -0.3 is 14.4 Å². The number of carbonyl (C=O) groups is 3. The summed E-state index contributed by atoms with van der Waals surface area (Å²) in [5.74, 6) is -2.26. The van der Waals surface area contributed by atoms with Crippen LogP contribution in [0.2, 0.25) is 0 Å². The number of carbonyl (C=O) groups excluding carboxylic acids is 3. The maximum absolute atomic E-state index is 13.1. The predicted octanol–water partition coefficient (Wildman–Crippen LogP) is 1.13. The molecular weight excluding hydrogens is 336 g/mol. The van der Waals surface area contributed by atoms with Crippen LogP contribution in [0.15, 0.2) is 36.4 Å². The van der Waals surface area contributed by atoms with Crippen molar-refractivity contribution < 1.29 is 23.9 Å². The number of ether oxygens (including phenoxy) is 2. The number of amides is 2. The molecule has 7 nitrogen and oxygen atoms in total. The normalized spacial score (nSPS) is 31.5. The van der Waals surface area contributed by atoms with E-state index in [1.807, 2.05) is 31.1 Å². The third-order valence-electron chi connectivity index (χ3n) is 5.28. The van der Waals surface area contributed by atoms with E-state index in [4.69, 9.17) is 9.47 Å². The lowest BCUT2D eigenvalue weighted by Gasteiger charge is -2.28. The Bertz CT molecular complexity index is 816. The molecule has 3 aliphatic heterocycles. The first-order valence-electron chi connectivity index (χ1n) is 8.50. The number of imide groups is 1. The summed E-state index contributed by atoms with van der Waals surface area (Å²) < 4.78 is 11.0. The summed E-state index contributed by atoms with van der Waals surface area (Å²) >= 11 is 0. The molecule has 3 heterocycles. The minimum atomic E-state index is -1.05. The molecule has 26 heavy (non-hydrogen) atoms. The largest absolute Gasteiger partial charge is 0.462 e. The Hall–Kier alpha value is -2.67. The van der Waals surface area contributed by atoms with E-state index in [2.05, 4.69) is 0 Å². The molecule has 0 radical (unpaired) electrons. The van der Waals surface area contributed by atoms with Crippen LogP contribution in [-0.4, -0.2) is 50.2 Å². The fourth-order valence-electron chi connectivity index (χ4n) is 4.04. The first-order valence-corrected chi connectivity index (χ1v) is 8.50. The Morgan fingerprint density at radius 3 is 2.54 bits per heavy atom. The fraction of sp³-hybridized carbons (Fsp3) is 0.421. The number of benzene rings is 1. The molecule has 2 fully saturated rings. The van der Waals surface area contributed by atoms with Gasteiger partial charge in [0.15, 0.2) is 0 Å². The third-order valence-corrected chi connectivity index (χ3v) is 5.28. The van der Waals surface area contributed by atoms with Crippen LogP contribution in [0.5, 0.6) is 0 Å². The Balaban J connectivity index is 1.65. The number of anilines is 2. The molecule has 136 valence electrons. The second-order valence-corrected chi connectivity index (χ2v) is 7.10. The lowest BCUT2D eigenvalue weighted by Crippen LogP contribution is -2.44. The van der Waals surface area contributed by atoms with Gasteiger partial charge in [0.1, 0.15) is 12.2 Å². The van der Waals surface area contributed by atoms with E-state index in [9.17, 15) is 14.4 Å². The van der Waals surface area contributed by atoms with Crippen LogP contribution in [0.3, 0.4) is 0 Å². The highest BCUT2D eigenvalue weighted by Gasteiger charge is 2.68. The summed E-state index contributed by atoms with van der Waals surface area (Å²) in [4.78, 5) is 40.4. The molecule has 4 rings (SSSR count). The van der Waals surface area contributed by atoms with Gasteiger partial charge in [0.05, 0.1) is 23.6 Å². The van der Waals surface area contributed by atoms with E-state index in [-0.39, 0.29) is 18.4 Å². The zero-order chi connectivity index (χ0) is 18.6. The van der Waals surface area contributed by atoms with Crippen molar-refractivity contribution in [3.8, 4) is 0 Å². The van der Waals surface area contributed by atoms with E-state index in [1.54, 1.807) is 24.3 Å². The SMILES string of the molecule is CC(=O)OC[C@@]12C=C[C@@H](O1)[C@@H]1C(=O)N(c3ccc(N(C)C)cc3)C(=O)[C@H]12. The summed E-state index contributed by atoms with van der Waals surface area (Å²) in [6.45, 7) is 1.24. The van der Waals surface area contributed by atoms with Gasteiger partial charge in [-0.3, -0.25) is 14.4 Å². The van der Waals surface area contributed by atoms with Crippen molar-refractivity contribution in [3.05, 3.63) is 36.4 Å². The number of fused-ring (bicyclic) bond motifs is 5. The molecule has 4 atom stereocenters. The van der Waals surface area contributed by atoms with E-state index in [1.165, 1.54) is 11.8 Å². The van der Waals surface area contributed by atoms with Crippen molar-refractivity contribution in [3.63, 3.8) is 0 Å². The molecule has 0 saturated carbocycles. The Morgan fingerprint density at radius 2 is 1.92 bits per heavy atom. The second-order valence-electron chi connectivity index (χ2n) is 7.10. The average Bonchev–Trinajstić information content (AvgIpc) is 3.24. The summed E-state index contributed by atoms with van der Waals surface area (Å²) in [5, 5.41) is 0. The van der Waals surface area contributed by atoms with Gasteiger partial charge in [-0.1, -0.05) is 6.08 Å². The minimum absolute atomic E-state index is 0.0665. The van der Waals surface area contributed by atoms with Gasteiger partial charge in [-0.2, -0.15) is 0 Å². The monoisotopic (exact) mass is 356 g/mol. The highest BCUT2D eigenvalue weighted by atomic mass is 16.6. The van der Waals surface area contributed by atoms with E-state index in [0.29, 0.717) is 5.69 Å². The van der Waals surface area contributed by atoms with E-state index < -0.39 is 29.5 Å². The quantitative estimate of drug-likeness (QED) is 0.457. The first-order chi connectivity index (χ1) is 12.3. The maximum atomic E-state index is 13.1. The van der Waals surface area contributed by atoms with Crippen molar-refractivity contribution in [2.24, 2.45) is 11.8 Å². The number of esters is 1. The number of hydrogen-bond donors (Lipinski definition) is 0. The number of nitrogens with zero attached hydrogens (tertiary/aromatic N) is 2. The lowest BCUT2D eigenvalue weighted by atomic mass is 9.77. The first kappa shape index (κ1) is 16.8. The molecule has 1 aromatic rings. The molecule has 0 aliphatic carbocycles. The molecule has 1 aromatic carbocycles. The minimum Gasteiger partial charge on any atom is -0.462 e. The molecule has 0 unspecified atom stereocenters. The van der Waals surface area contributed by atoms with Crippen LogP contribution in [0, 0.1) is 11.8 Å². The standard InChI is InChI=1S/C19H20N2O5/c1-11(22)25-10-19-9-8-14(26-19)15-16(19)18(24)21(17(15)23)13-6-4-12(5-7-13)20(2)3/h4-9,14-16H,10H2,1-3H3/t14-,15+,16+,19-/m1/s1. The van der Waals surface area contributed by atoms with Gasteiger partial charge in [-0.05, 0) is 30.3 Å². The zero-order valence-electron chi connectivity index (χ0n) is 14.8. The average molecular weight is 356 g/mol. The van der Waals surface area contributed by atoms with Gasteiger partial charge in [0.2, 0.25) is 11.8 Å². The maximum Gasteiger partial charge on any atom is 0.302 e.